The Morgan fingerprint density at radius 2 is 2.00 bits per heavy atom. The zero-order valence-electron chi connectivity index (χ0n) is 18.5. The number of ether oxygens (including phenoxy) is 1. The molecule has 4 rings (SSSR count). The van der Waals surface area contributed by atoms with E-state index in [2.05, 4.69) is 23.3 Å². The standard InChI is InChI=1S/C23H34N4O4/c1-26-10-6-18(7-11-26)31-22(30)27-15-23(8-3-9-23)13-19(27)21(29)25-17(14-24)12-16-4-2-5-20(16)28/h16-19H,2-13,15H2,1H3,(H,25,29)/t16-,17-,19-/m0/s1. The number of likely N-dealkylation sites (tertiary alicyclic amines) is 2. The average Bonchev–Trinajstić information content (AvgIpc) is 3.33. The first-order valence-electron chi connectivity index (χ1n) is 11.8. The van der Waals surface area contributed by atoms with Gasteiger partial charge in [-0.3, -0.25) is 14.5 Å². The maximum absolute atomic E-state index is 13.1. The van der Waals surface area contributed by atoms with Crippen LogP contribution in [0.3, 0.4) is 0 Å². The van der Waals surface area contributed by atoms with E-state index in [1.807, 2.05) is 0 Å². The lowest BCUT2D eigenvalue weighted by Crippen LogP contribution is -2.50. The molecule has 1 N–H and O–H groups in total. The highest BCUT2D eigenvalue weighted by Gasteiger charge is 2.52. The Balaban J connectivity index is 1.39. The Morgan fingerprint density at radius 1 is 1.26 bits per heavy atom. The van der Waals surface area contributed by atoms with Crippen molar-refractivity contribution >= 4 is 17.8 Å². The highest BCUT2D eigenvalue weighted by molar-refractivity contribution is 5.87. The fourth-order valence-corrected chi connectivity index (χ4v) is 5.67. The van der Waals surface area contributed by atoms with Crippen molar-refractivity contribution in [2.75, 3.05) is 26.7 Å². The summed E-state index contributed by atoms with van der Waals surface area (Å²) in [5.74, 6) is -0.245. The van der Waals surface area contributed by atoms with E-state index in [-0.39, 0.29) is 29.1 Å². The maximum Gasteiger partial charge on any atom is 0.410 e. The fourth-order valence-electron chi connectivity index (χ4n) is 5.67. The highest BCUT2D eigenvalue weighted by Crippen LogP contribution is 2.50. The van der Waals surface area contributed by atoms with Crippen molar-refractivity contribution in [3.63, 3.8) is 0 Å². The minimum absolute atomic E-state index is 0.0113. The SMILES string of the molecule is CN1CCC(OC(=O)N2CC3(CCC3)C[C@H]2C(=O)N[C@H](C#N)C[C@@H]2CCCC2=O)CC1. The number of piperidine rings is 1. The number of carbonyl (C=O) groups excluding carboxylic acids is 3. The van der Waals surface area contributed by atoms with E-state index in [0.29, 0.717) is 25.8 Å². The van der Waals surface area contributed by atoms with Crippen LogP contribution in [0.15, 0.2) is 0 Å². The van der Waals surface area contributed by atoms with Crippen molar-refractivity contribution in [1.82, 2.24) is 15.1 Å². The Bertz CT molecular complexity index is 751. The van der Waals surface area contributed by atoms with Gasteiger partial charge < -0.3 is 15.0 Å². The second kappa shape index (κ2) is 9.15. The summed E-state index contributed by atoms with van der Waals surface area (Å²) in [5.41, 5.74) is 0.0113. The molecule has 4 fully saturated rings. The first kappa shape index (κ1) is 22.1. The molecule has 0 unspecified atom stereocenters. The maximum atomic E-state index is 13.1. The summed E-state index contributed by atoms with van der Waals surface area (Å²) in [5, 5.41) is 12.4. The summed E-state index contributed by atoms with van der Waals surface area (Å²) >= 11 is 0. The molecule has 0 radical (unpaired) electrons. The second-order valence-electron chi connectivity index (χ2n) is 10.1. The van der Waals surface area contributed by atoms with Gasteiger partial charge in [-0.15, -0.1) is 0 Å². The molecule has 0 bridgehead atoms. The van der Waals surface area contributed by atoms with Crippen molar-refractivity contribution in [3.05, 3.63) is 0 Å². The molecule has 2 amide bonds. The van der Waals surface area contributed by atoms with Crippen LogP contribution in [0, 0.1) is 22.7 Å². The van der Waals surface area contributed by atoms with Gasteiger partial charge in [0.1, 0.15) is 24.0 Å². The molecule has 2 aliphatic carbocycles. The van der Waals surface area contributed by atoms with Gasteiger partial charge in [0.15, 0.2) is 0 Å². The number of hydrogen-bond donors (Lipinski definition) is 1. The van der Waals surface area contributed by atoms with Gasteiger partial charge in [-0.25, -0.2) is 4.79 Å². The Hall–Kier alpha value is -2.14. The van der Waals surface area contributed by atoms with Crippen LogP contribution in [0.2, 0.25) is 0 Å². The van der Waals surface area contributed by atoms with E-state index in [1.54, 1.807) is 4.90 Å². The highest BCUT2D eigenvalue weighted by atomic mass is 16.6. The van der Waals surface area contributed by atoms with E-state index in [0.717, 1.165) is 58.0 Å². The molecule has 8 nitrogen and oxygen atoms in total. The molecule has 8 heteroatoms. The van der Waals surface area contributed by atoms with Crippen LogP contribution >= 0.6 is 0 Å². The van der Waals surface area contributed by atoms with Crippen LogP contribution in [0.4, 0.5) is 4.79 Å². The predicted octanol–water partition coefficient (Wildman–Crippen LogP) is 2.23. The summed E-state index contributed by atoms with van der Waals surface area (Å²) in [6, 6.07) is 0.836. The zero-order valence-corrected chi connectivity index (χ0v) is 18.5. The van der Waals surface area contributed by atoms with E-state index < -0.39 is 18.2 Å². The van der Waals surface area contributed by atoms with Crippen molar-refractivity contribution in [3.8, 4) is 6.07 Å². The van der Waals surface area contributed by atoms with Gasteiger partial charge in [-0.2, -0.15) is 5.26 Å². The van der Waals surface area contributed by atoms with Crippen LogP contribution < -0.4 is 5.32 Å². The number of ketones is 1. The van der Waals surface area contributed by atoms with Crippen LogP contribution in [-0.2, 0) is 14.3 Å². The monoisotopic (exact) mass is 430 g/mol. The van der Waals surface area contributed by atoms with Gasteiger partial charge in [-0.05, 0) is 63.8 Å². The molecule has 170 valence electrons. The largest absolute Gasteiger partial charge is 0.446 e. The molecule has 2 saturated carbocycles. The number of hydrogen-bond acceptors (Lipinski definition) is 6. The van der Waals surface area contributed by atoms with Gasteiger partial charge in [0, 0.05) is 32.0 Å². The number of nitrogens with one attached hydrogen (secondary N) is 1. The second-order valence-corrected chi connectivity index (χ2v) is 10.1. The molecular formula is C23H34N4O4. The van der Waals surface area contributed by atoms with Crippen LogP contribution in [0.1, 0.15) is 64.2 Å². The summed E-state index contributed by atoms with van der Waals surface area (Å²) in [6.45, 7) is 2.35. The number of Topliss-reactive ketones (excluding diaryl/α,β-unsaturated/α-hetero) is 1. The van der Waals surface area contributed by atoms with Crippen LogP contribution in [0.5, 0.6) is 0 Å². The van der Waals surface area contributed by atoms with E-state index in [1.165, 1.54) is 0 Å². The third kappa shape index (κ3) is 4.87. The number of nitriles is 1. The van der Waals surface area contributed by atoms with Crippen molar-refractivity contribution in [1.29, 1.82) is 5.26 Å². The summed E-state index contributed by atoms with van der Waals surface area (Å²) in [7, 11) is 2.06. The summed E-state index contributed by atoms with van der Waals surface area (Å²) < 4.78 is 5.79. The zero-order chi connectivity index (χ0) is 22.0. The topological polar surface area (TPSA) is 103 Å². The van der Waals surface area contributed by atoms with E-state index in [4.69, 9.17) is 4.74 Å². The van der Waals surface area contributed by atoms with Crippen molar-refractivity contribution < 1.29 is 19.1 Å². The normalized spacial score (nSPS) is 29.4. The van der Waals surface area contributed by atoms with Crippen LogP contribution in [0.25, 0.3) is 0 Å². The van der Waals surface area contributed by atoms with E-state index in [9.17, 15) is 19.6 Å². The smallest absolute Gasteiger partial charge is 0.410 e. The summed E-state index contributed by atoms with van der Waals surface area (Å²) in [6.07, 6.45) is 7.47. The minimum atomic E-state index is -0.704. The first-order valence-corrected chi connectivity index (χ1v) is 11.8. The molecule has 0 aromatic rings. The number of carbonyl (C=O) groups is 3. The molecule has 0 aromatic heterocycles. The number of nitrogens with zero attached hydrogens (tertiary/aromatic N) is 3. The Morgan fingerprint density at radius 3 is 2.58 bits per heavy atom. The lowest BCUT2D eigenvalue weighted by Gasteiger charge is -2.37. The van der Waals surface area contributed by atoms with Crippen molar-refractivity contribution in [2.45, 2.75) is 82.4 Å². The van der Waals surface area contributed by atoms with Gasteiger partial charge in [-0.1, -0.05) is 6.42 Å². The van der Waals surface area contributed by atoms with Crippen molar-refractivity contribution in [2.24, 2.45) is 11.3 Å². The molecule has 4 aliphatic rings. The van der Waals surface area contributed by atoms with Gasteiger partial charge >= 0.3 is 6.09 Å². The van der Waals surface area contributed by atoms with Crippen LogP contribution in [-0.4, -0.2) is 72.5 Å². The van der Waals surface area contributed by atoms with Gasteiger partial charge in [0.25, 0.3) is 0 Å². The lowest BCUT2D eigenvalue weighted by molar-refractivity contribution is -0.126. The van der Waals surface area contributed by atoms with Gasteiger partial charge in [0.2, 0.25) is 5.91 Å². The quantitative estimate of drug-likeness (QED) is 0.717. The van der Waals surface area contributed by atoms with E-state index >= 15 is 0 Å². The minimum Gasteiger partial charge on any atom is -0.446 e. The fraction of sp³-hybridized carbons (Fsp3) is 0.826. The molecule has 2 saturated heterocycles. The predicted molar refractivity (Wildman–Crippen MR) is 113 cm³/mol. The molecule has 1 spiro atoms. The number of amides is 2. The Kier molecular flexibility index (Phi) is 6.52. The molecular weight excluding hydrogens is 396 g/mol. The third-order valence-corrected chi connectivity index (χ3v) is 7.82. The third-order valence-electron chi connectivity index (χ3n) is 7.82. The molecule has 31 heavy (non-hydrogen) atoms. The Labute approximate surface area is 184 Å². The van der Waals surface area contributed by atoms with Gasteiger partial charge in [0.05, 0.1) is 6.07 Å². The summed E-state index contributed by atoms with van der Waals surface area (Å²) in [4.78, 5) is 41.9. The molecule has 0 aromatic carbocycles. The lowest BCUT2D eigenvalue weighted by atomic mass is 9.67. The average molecular weight is 431 g/mol. The first-order chi connectivity index (χ1) is 14.9. The molecule has 3 atom stereocenters. The molecule has 2 aliphatic heterocycles. The number of rotatable bonds is 5. The molecule has 2 heterocycles.